The molecule has 0 bridgehead atoms. The number of carbonyl (C=O) groups is 1. The average molecular weight is 615 g/mol. The van der Waals surface area contributed by atoms with Crippen LogP contribution in [0.25, 0.3) is 22.3 Å². The molecule has 3 nitrogen and oxygen atoms in total. The van der Waals surface area contributed by atoms with E-state index in [1.165, 1.54) is 0 Å². The van der Waals surface area contributed by atoms with Crippen molar-refractivity contribution in [3.05, 3.63) is 143 Å². The van der Waals surface area contributed by atoms with E-state index in [-0.39, 0.29) is 5.78 Å². The number of methoxy groups -OCH3 is 1. The van der Waals surface area contributed by atoms with Gasteiger partial charge in [-0.05, 0) is 50.0 Å². The first-order valence-corrected chi connectivity index (χ1v) is 18.3. The SMILES string of the molecule is COCc1ccc(C2=C(c3ccccc3)C(c3ccccc3)=C(c3ccc(CO[Si](C(C)C)(C(C)C)C(C)C)cc3)C2=O)cc1. The summed E-state index contributed by atoms with van der Waals surface area (Å²) in [5.41, 5.74) is 11.1. The van der Waals surface area contributed by atoms with Crippen LogP contribution in [0.3, 0.4) is 0 Å². The van der Waals surface area contributed by atoms with Gasteiger partial charge in [-0.2, -0.15) is 0 Å². The smallest absolute Gasteiger partial charge is 0.200 e. The molecule has 0 saturated carbocycles. The molecule has 0 radical (unpaired) electrons. The lowest BCUT2D eigenvalue weighted by Crippen LogP contribution is -2.47. The Morgan fingerprint density at radius 2 is 0.844 bits per heavy atom. The normalized spacial score (nSPS) is 14.0. The van der Waals surface area contributed by atoms with Gasteiger partial charge in [-0.15, -0.1) is 0 Å². The number of ketones is 1. The number of allylic oxidation sites excluding steroid dienone is 4. The van der Waals surface area contributed by atoms with Gasteiger partial charge in [0.15, 0.2) is 5.78 Å². The molecule has 0 saturated heterocycles. The minimum absolute atomic E-state index is 0.0436. The van der Waals surface area contributed by atoms with Crippen molar-refractivity contribution < 1.29 is 14.0 Å². The number of carbonyl (C=O) groups excluding carboxylic acids is 1. The Hall–Kier alpha value is -3.83. The highest BCUT2D eigenvalue weighted by Crippen LogP contribution is 2.50. The molecule has 0 aromatic heterocycles. The molecule has 0 fully saturated rings. The summed E-state index contributed by atoms with van der Waals surface area (Å²) in [6.07, 6.45) is 0. The Morgan fingerprint density at radius 1 is 0.489 bits per heavy atom. The quantitative estimate of drug-likeness (QED) is 0.149. The molecule has 0 aliphatic heterocycles. The Labute approximate surface area is 270 Å². The van der Waals surface area contributed by atoms with Crippen molar-refractivity contribution in [2.24, 2.45) is 0 Å². The zero-order valence-electron chi connectivity index (χ0n) is 27.8. The second kappa shape index (κ2) is 14.1. The van der Waals surface area contributed by atoms with E-state index >= 15 is 0 Å². The zero-order valence-corrected chi connectivity index (χ0v) is 28.8. The lowest BCUT2D eigenvalue weighted by Gasteiger charge is -2.42. The van der Waals surface area contributed by atoms with Crippen molar-refractivity contribution in [1.29, 1.82) is 0 Å². The fraction of sp³-hybridized carbons (Fsp3) is 0.293. The van der Waals surface area contributed by atoms with Crippen LogP contribution in [-0.2, 0) is 27.2 Å². The molecule has 0 N–H and O–H groups in total. The Morgan fingerprint density at radius 3 is 1.20 bits per heavy atom. The fourth-order valence-electron chi connectivity index (χ4n) is 7.35. The van der Waals surface area contributed by atoms with Crippen molar-refractivity contribution in [1.82, 2.24) is 0 Å². The van der Waals surface area contributed by atoms with Gasteiger partial charge in [0.05, 0.1) is 13.2 Å². The lowest BCUT2D eigenvalue weighted by molar-refractivity contribution is -0.108. The summed E-state index contributed by atoms with van der Waals surface area (Å²) in [5.74, 6) is 0.0436. The topological polar surface area (TPSA) is 35.5 Å². The van der Waals surface area contributed by atoms with E-state index in [4.69, 9.17) is 9.16 Å². The molecule has 4 aromatic rings. The summed E-state index contributed by atoms with van der Waals surface area (Å²) in [4.78, 5) is 14.7. The van der Waals surface area contributed by atoms with Crippen LogP contribution in [-0.4, -0.2) is 21.2 Å². The molecule has 0 heterocycles. The number of hydrogen-bond acceptors (Lipinski definition) is 3. The third kappa shape index (κ3) is 6.46. The van der Waals surface area contributed by atoms with Gasteiger partial charge in [0.25, 0.3) is 0 Å². The second-order valence-electron chi connectivity index (χ2n) is 13.0. The maximum absolute atomic E-state index is 14.7. The standard InChI is InChI=1S/C41H46O3Si/c1-28(2)45(29(3)4,30(5)6)44-27-32-20-24-36(25-21-32)40-38(34-16-12-9-13-17-34)37(33-14-10-8-11-15-33)39(41(40)42)35-22-18-31(19-23-35)26-43-7/h8-25,28-30H,26-27H2,1-7H3. The molecule has 1 aliphatic carbocycles. The van der Waals surface area contributed by atoms with Crippen molar-refractivity contribution in [3.63, 3.8) is 0 Å². The first kappa shape index (κ1) is 32.6. The van der Waals surface area contributed by atoms with E-state index in [0.717, 1.165) is 55.7 Å². The van der Waals surface area contributed by atoms with Gasteiger partial charge in [0.2, 0.25) is 8.32 Å². The highest BCUT2D eigenvalue weighted by molar-refractivity contribution is 6.77. The number of ether oxygens (including phenoxy) is 1. The summed E-state index contributed by atoms with van der Waals surface area (Å²) in [7, 11) is -0.300. The summed E-state index contributed by atoms with van der Waals surface area (Å²) >= 11 is 0. The van der Waals surface area contributed by atoms with Crippen LogP contribution in [0.5, 0.6) is 0 Å². The van der Waals surface area contributed by atoms with Gasteiger partial charge in [0, 0.05) is 29.4 Å². The minimum Gasteiger partial charge on any atom is -0.412 e. The molecule has 1 aliphatic rings. The van der Waals surface area contributed by atoms with Crippen LogP contribution in [0.1, 0.15) is 74.9 Å². The molecule has 45 heavy (non-hydrogen) atoms. The van der Waals surface area contributed by atoms with E-state index in [1.54, 1.807) is 7.11 Å². The van der Waals surface area contributed by atoms with Crippen molar-refractivity contribution in [2.75, 3.05) is 7.11 Å². The molecule has 5 rings (SSSR count). The second-order valence-corrected chi connectivity index (χ2v) is 18.5. The molecular formula is C41H46O3Si. The zero-order chi connectivity index (χ0) is 32.1. The molecule has 232 valence electrons. The van der Waals surface area contributed by atoms with E-state index in [1.807, 2.05) is 60.7 Å². The van der Waals surface area contributed by atoms with Crippen LogP contribution in [0.2, 0.25) is 16.6 Å². The number of Topliss-reactive ketones (excluding diaryl/α,β-unsaturated/α-hetero) is 1. The number of rotatable bonds is 12. The van der Waals surface area contributed by atoms with E-state index in [9.17, 15) is 4.79 Å². The first-order chi connectivity index (χ1) is 21.7. The van der Waals surface area contributed by atoms with E-state index in [0.29, 0.717) is 29.8 Å². The molecule has 4 aromatic carbocycles. The van der Waals surface area contributed by atoms with Gasteiger partial charge in [-0.1, -0.05) is 151 Å². The lowest BCUT2D eigenvalue weighted by atomic mass is 9.89. The van der Waals surface area contributed by atoms with Gasteiger partial charge in [-0.25, -0.2) is 0 Å². The predicted molar refractivity (Wildman–Crippen MR) is 191 cm³/mol. The molecule has 0 amide bonds. The van der Waals surface area contributed by atoms with Crippen molar-refractivity contribution >= 4 is 36.4 Å². The number of benzene rings is 4. The molecular weight excluding hydrogens is 569 g/mol. The maximum Gasteiger partial charge on any atom is 0.200 e. The third-order valence-electron chi connectivity index (χ3n) is 9.32. The third-order valence-corrected chi connectivity index (χ3v) is 15.4. The summed E-state index contributed by atoms with van der Waals surface area (Å²) in [6.45, 7) is 15.0. The van der Waals surface area contributed by atoms with Gasteiger partial charge in [-0.3, -0.25) is 4.79 Å². The number of hydrogen-bond donors (Lipinski definition) is 0. The molecule has 0 spiro atoms. The molecule has 4 heteroatoms. The minimum atomic E-state index is -2.00. The van der Waals surface area contributed by atoms with Crippen LogP contribution in [0, 0.1) is 0 Å². The summed E-state index contributed by atoms with van der Waals surface area (Å²) in [5, 5.41) is 0. The molecule has 0 unspecified atom stereocenters. The van der Waals surface area contributed by atoms with Crippen LogP contribution in [0.15, 0.2) is 109 Å². The van der Waals surface area contributed by atoms with Gasteiger partial charge < -0.3 is 9.16 Å². The largest absolute Gasteiger partial charge is 0.412 e. The highest BCUT2D eigenvalue weighted by atomic mass is 28.4. The van der Waals surface area contributed by atoms with Crippen LogP contribution in [0.4, 0.5) is 0 Å². The monoisotopic (exact) mass is 614 g/mol. The van der Waals surface area contributed by atoms with Gasteiger partial charge in [0.1, 0.15) is 0 Å². The summed E-state index contributed by atoms with van der Waals surface area (Å²) < 4.78 is 12.2. The summed E-state index contributed by atoms with van der Waals surface area (Å²) in [6, 6.07) is 37.3. The maximum atomic E-state index is 14.7. The fourth-order valence-corrected chi connectivity index (χ4v) is 12.8. The predicted octanol–water partition coefficient (Wildman–Crippen LogP) is 10.6. The molecule has 0 atom stereocenters. The van der Waals surface area contributed by atoms with E-state index in [2.05, 4.69) is 90.1 Å². The van der Waals surface area contributed by atoms with Crippen molar-refractivity contribution in [3.8, 4) is 0 Å². The average Bonchev–Trinajstić information content (AvgIpc) is 3.35. The van der Waals surface area contributed by atoms with Crippen molar-refractivity contribution in [2.45, 2.75) is 71.4 Å². The Bertz CT molecular complexity index is 1640. The van der Waals surface area contributed by atoms with Gasteiger partial charge >= 0.3 is 0 Å². The van der Waals surface area contributed by atoms with Crippen LogP contribution < -0.4 is 0 Å². The highest BCUT2D eigenvalue weighted by Gasteiger charge is 2.45. The van der Waals surface area contributed by atoms with Crippen LogP contribution >= 0.6 is 0 Å². The first-order valence-electron chi connectivity index (χ1n) is 16.1. The Kier molecular flexibility index (Phi) is 10.2. The van der Waals surface area contributed by atoms with E-state index < -0.39 is 8.32 Å². The Balaban J connectivity index is 1.61.